The molecule has 19 heavy (non-hydrogen) atoms. The van der Waals surface area contributed by atoms with Crippen LogP contribution in [-0.2, 0) is 9.84 Å². The summed E-state index contributed by atoms with van der Waals surface area (Å²) in [4.78, 5) is 0.191. The van der Waals surface area contributed by atoms with E-state index in [-0.39, 0.29) is 10.3 Å². The van der Waals surface area contributed by atoms with E-state index in [1.54, 1.807) is 0 Å². The van der Waals surface area contributed by atoms with Gasteiger partial charge >= 0.3 is 0 Å². The molecule has 1 N–H and O–H groups in total. The number of halogens is 1. The molecule has 0 spiro atoms. The van der Waals surface area contributed by atoms with Crippen molar-refractivity contribution in [3.63, 3.8) is 0 Å². The van der Waals surface area contributed by atoms with Crippen LogP contribution in [0.2, 0.25) is 0 Å². The first kappa shape index (κ1) is 16.1. The minimum Gasteiger partial charge on any atom is -0.388 e. The van der Waals surface area contributed by atoms with Crippen molar-refractivity contribution in [1.29, 1.82) is 0 Å². The fourth-order valence-corrected chi connectivity index (χ4v) is 2.56. The molecule has 108 valence electrons. The monoisotopic (exact) mass is 288 g/mol. The van der Waals surface area contributed by atoms with Crippen LogP contribution in [0.1, 0.15) is 32.4 Å². The van der Waals surface area contributed by atoms with Gasteiger partial charge in [0, 0.05) is 12.2 Å². The number of sulfone groups is 1. The summed E-state index contributed by atoms with van der Waals surface area (Å²) < 4.78 is 35.8. The maximum atomic E-state index is 13.1. The lowest BCUT2D eigenvalue weighted by atomic mass is 9.76. The van der Waals surface area contributed by atoms with Crippen LogP contribution in [0.3, 0.4) is 0 Å². The molecule has 0 aliphatic carbocycles. The van der Waals surface area contributed by atoms with Crippen LogP contribution >= 0.6 is 0 Å². The van der Waals surface area contributed by atoms with Crippen molar-refractivity contribution in [2.24, 2.45) is 11.3 Å². The third-order valence-electron chi connectivity index (χ3n) is 3.31. The van der Waals surface area contributed by atoms with Gasteiger partial charge in [0.15, 0.2) is 9.84 Å². The number of alkyl halides is 1. The lowest BCUT2D eigenvalue weighted by Gasteiger charge is -2.32. The maximum Gasteiger partial charge on any atom is 0.175 e. The van der Waals surface area contributed by atoms with Gasteiger partial charge < -0.3 is 5.11 Å². The molecular formula is C14H21FO3S. The zero-order valence-electron chi connectivity index (χ0n) is 11.7. The molecule has 0 fully saturated rings. The molecule has 0 saturated heterocycles. The van der Waals surface area contributed by atoms with Gasteiger partial charge in [0.2, 0.25) is 0 Å². The van der Waals surface area contributed by atoms with Crippen molar-refractivity contribution in [2.75, 3.05) is 12.9 Å². The highest BCUT2D eigenvalue weighted by atomic mass is 32.2. The number of aliphatic hydroxyl groups excluding tert-OH is 1. The first-order valence-corrected chi connectivity index (χ1v) is 8.00. The van der Waals surface area contributed by atoms with Crippen LogP contribution in [-0.4, -0.2) is 26.5 Å². The Hall–Kier alpha value is -0.940. The van der Waals surface area contributed by atoms with E-state index >= 15 is 0 Å². The van der Waals surface area contributed by atoms with Gasteiger partial charge in [-0.3, -0.25) is 4.39 Å². The Morgan fingerprint density at radius 1 is 1.21 bits per heavy atom. The van der Waals surface area contributed by atoms with Gasteiger partial charge in [0.1, 0.15) is 0 Å². The molecule has 3 nitrogen and oxygen atoms in total. The largest absolute Gasteiger partial charge is 0.388 e. The highest BCUT2D eigenvalue weighted by Crippen LogP contribution is 2.36. The molecule has 1 aromatic rings. The molecule has 0 saturated carbocycles. The second kappa shape index (κ2) is 5.59. The molecule has 0 bridgehead atoms. The Morgan fingerprint density at radius 2 is 1.68 bits per heavy atom. The van der Waals surface area contributed by atoms with Crippen molar-refractivity contribution in [3.8, 4) is 0 Å². The molecule has 1 rings (SSSR count). The highest BCUT2D eigenvalue weighted by Gasteiger charge is 2.32. The number of benzene rings is 1. The molecule has 0 heterocycles. The smallest absolute Gasteiger partial charge is 0.175 e. The van der Waals surface area contributed by atoms with E-state index in [1.165, 1.54) is 24.3 Å². The molecule has 0 radical (unpaired) electrons. The van der Waals surface area contributed by atoms with Crippen LogP contribution < -0.4 is 0 Å². The summed E-state index contributed by atoms with van der Waals surface area (Å²) in [5, 5.41) is 10.2. The molecule has 2 atom stereocenters. The Labute approximate surface area is 114 Å². The Kier molecular flexibility index (Phi) is 4.74. The van der Waals surface area contributed by atoms with Crippen molar-refractivity contribution < 1.29 is 17.9 Å². The average molecular weight is 288 g/mol. The summed E-state index contributed by atoms with van der Waals surface area (Å²) in [5.74, 6) is -0.531. The summed E-state index contributed by atoms with van der Waals surface area (Å²) >= 11 is 0. The minimum atomic E-state index is -3.26. The summed E-state index contributed by atoms with van der Waals surface area (Å²) in [5.41, 5.74) is 0.161. The lowest BCUT2D eigenvalue weighted by molar-refractivity contribution is 0.0256. The third-order valence-corrected chi connectivity index (χ3v) is 4.44. The first-order chi connectivity index (χ1) is 8.57. The molecule has 1 aromatic carbocycles. The van der Waals surface area contributed by atoms with E-state index in [0.29, 0.717) is 5.56 Å². The van der Waals surface area contributed by atoms with E-state index in [0.717, 1.165) is 6.26 Å². The number of aliphatic hydroxyl groups is 1. The van der Waals surface area contributed by atoms with Gasteiger partial charge in [-0.05, 0) is 23.1 Å². The second-order valence-electron chi connectivity index (χ2n) is 5.91. The molecule has 0 amide bonds. The van der Waals surface area contributed by atoms with Gasteiger partial charge in [-0.2, -0.15) is 0 Å². The highest BCUT2D eigenvalue weighted by molar-refractivity contribution is 7.90. The molecule has 0 aromatic heterocycles. The van der Waals surface area contributed by atoms with E-state index < -0.39 is 28.5 Å². The zero-order chi connectivity index (χ0) is 14.8. The van der Waals surface area contributed by atoms with Crippen molar-refractivity contribution in [2.45, 2.75) is 31.8 Å². The summed E-state index contributed by atoms with van der Waals surface area (Å²) in [6, 6.07) is 5.95. The van der Waals surface area contributed by atoms with Gasteiger partial charge in [-0.25, -0.2) is 8.42 Å². The molecular weight excluding hydrogens is 267 g/mol. The van der Waals surface area contributed by atoms with Crippen LogP contribution in [0.15, 0.2) is 29.2 Å². The fraction of sp³-hybridized carbons (Fsp3) is 0.571. The first-order valence-electron chi connectivity index (χ1n) is 6.11. The molecule has 1 unspecified atom stereocenters. The predicted molar refractivity (Wildman–Crippen MR) is 73.4 cm³/mol. The third kappa shape index (κ3) is 4.01. The summed E-state index contributed by atoms with van der Waals surface area (Å²) in [6.07, 6.45) is 0.177. The quantitative estimate of drug-likeness (QED) is 0.927. The van der Waals surface area contributed by atoms with Crippen molar-refractivity contribution in [1.82, 2.24) is 0 Å². The van der Waals surface area contributed by atoms with Crippen LogP contribution in [0, 0.1) is 11.3 Å². The van der Waals surface area contributed by atoms with Gasteiger partial charge in [-0.15, -0.1) is 0 Å². The average Bonchev–Trinajstić information content (AvgIpc) is 2.27. The zero-order valence-corrected chi connectivity index (χ0v) is 12.5. The van der Waals surface area contributed by atoms with E-state index in [9.17, 15) is 17.9 Å². The van der Waals surface area contributed by atoms with Gasteiger partial charge in [0.05, 0.1) is 17.7 Å². The van der Waals surface area contributed by atoms with Crippen LogP contribution in [0.25, 0.3) is 0 Å². The lowest BCUT2D eigenvalue weighted by Crippen LogP contribution is -2.28. The SMILES string of the molecule is CC(C)(C)[C@@H](CF)C(O)c1ccc(S(C)(=O)=O)cc1. The maximum absolute atomic E-state index is 13.1. The second-order valence-corrected chi connectivity index (χ2v) is 7.93. The van der Waals surface area contributed by atoms with Crippen LogP contribution in [0.5, 0.6) is 0 Å². The topological polar surface area (TPSA) is 54.4 Å². The normalized spacial score (nSPS) is 16.1. The summed E-state index contributed by atoms with van der Waals surface area (Å²) in [7, 11) is -3.26. The van der Waals surface area contributed by atoms with Crippen molar-refractivity contribution in [3.05, 3.63) is 29.8 Å². The van der Waals surface area contributed by atoms with E-state index in [1.807, 2.05) is 20.8 Å². The Morgan fingerprint density at radius 3 is 2.00 bits per heavy atom. The number of hydrogen-bond acceptors (Lipinski definition) is 3. The predicted octanol–water partition coefficient (Wildman–Crippen LogP) is 2.76. The van der Waals surface area contributed by atoms with E-state index in [4.69, 9.17) is 0 Å². The van der Waals surface area contributed by atoms with Gasteiger partial charge in [-0.1, -0.05) is 32.9 Å². The molecule has 0 aliphatic heterocycles. The standard InChI is InChI=1S/C14H21FO3S/c1-14(2,3)12(9-15)13(16)10-5-7-11(8-6-10)19(4,17)18/h5-8,12-13,16H,9H2,1-4H3/t12-,13?/m0/s1. The Bertz CT molecular complexity index is 515. The molecule has 5 heteroatoms. The van der Waals surface area contributed by atoms with Crippen molar-refractivity contribution >= 4 is 9.84 Å². The number of hydrogen-bond donors (Lipinski definition) is 1. The minimum absolute atomic E-state index is 0.191. The fourth-order valence-electron chi connectivity index (χ4n) is 1.93. The van der Waals surface area contributed by atoms with Crippen LogP contribution in [0.4, 0.5) is 4.39 Å². The van der Waals surface area contributed by atoms with Gasteiger partial charge in [0.25, 0.3) is 0 Å². The Balaban J connectivity index is 3.04. The summed E-state index contributed by atoms with van der Waals surface area (Å²) in [6.45, 7) is 4.97. The van der Waals surface area contributed by atoms with E-state index in [2.05, 4.69) is 0 Å². The number of rotatable bonds is 4. The molecule has 0 aliphatic rings.